The fourth-order valence-electron chi connectivity index (χ4n) is 3.26. The monoisotopic (exact) mass is 296 g/mol. The molecule has 0 spiro atoms. The third-order valence-corrected chi connectivity index (χ3v) is 4.39. The van der Waals surface area contributed by atoms with Crippen molar-refractivity contribution in [2.75, 3.05) is 24.1 Å². The van der Waals surface area contributed by atoms with E-state index in [4.69, 9.17) is 5.73 Å². The van der Waals surface area contributed by atoms with Crippen molar-refractivity contribution in [2.24, 2.45) is 0 Å². The first-order chi connectivity index (χ1) is 10.8. The highest BCUT2D eigenvalue weighted by atomic mass is 15.2. The minimum absolute atomic E-state index is 0.391. The third-order valence-electron chi connectivity index (χ3n) is 4.39. The standard InChI is InChI=1S/C18H24N4/c1-2-16(22-12-6-7-13-22)15-10-11-20-18(17(15)19)21-14-8-4-3-5-9-14/h3-5,8-11,16H,2,6-7,12-13,19H2,1H3,(H,20,21). The Kier molecular flexibility index (Phi) is 4.59. The van der Waals surface area contributed by atoms with E-state index in [1.54, 1.807) is 0 Å². The molecule has 3 rings (SSSR count). The first-order valence-electron chi connectivity index (χ1n) is 8.10. The number of rotatable bonds is 5. The first-order valence-corrected chi connectivity index (χ1v) is 8.10. The fourth-order valence-corrected chi connectivity index (χ4v) is 3.26. The number of benzene rings is 1. The van der Waals surface area contributed by atoms with Crippen molar-refractivity contribution in [1.82, 2.24) is 9.88 Å². The number of nitrogens with one attached hydrogen (secondary N) is 1. The van der Waals surface area contributed by atoms with E-state index in [0.29, 0.717) is 6.04 Å². The van der Waals surface area contributed by atoms with Gasteiger partial charge in [0.15, 0.2) is 5.82 Å². The lowest BCUT2D eigenvalue weighted by Crippen LogP contribution is -2.26. The van der Waals surface area contributed by atoms with E-state index in [1.165, 1.54) is 31.5 Å². The summed E-state index contributed by atoms with van der Waals surface area (Å²) in [5, 5.41) is 3.33. The number of hydrogen-bond acceptors (Lipinski definition) is 4. The van der Waals surface area contributed by atoms with Crippen LogP contribution in [0.15, 0.2) is 42.6 Å². The summed E-state index contributed by atoms with van der Waals surface area (Å²) >= 11 is 0. The summed E-state index contributed by atoms with van der Waals surface area (Å²) in [4.78, 5) is 6.96. The largest absolute Gasteiger partial charge is 0.395 e. The van der Waals surface area contributed by atoms with Crippen molar-refractivity contribution < 1.29 is 0 Å². The van der Waals surface area contributed by atoms with E-state index in [0.717, 1.165) is 23.6 Å². The molecule has 1 atom stereocenters. The number of nitrogens with two attached hydrogens (primary N) is 1. The molecule has 22 heavy (non-hydrogen) atoms. The van der Waals surface area contributed by atoms with E-state index in [2.05, 4.69) is 28.2 Å². The maximum Gasteiger partial charge on any atom is 0.153 e. The van der Waals surface area contributed by atoms with Crippen LogP contribution in [0.25, 0.3) is 0 Å². The molecule has 2 aromatic rings. The average molecular weight is 296 g/mol. The second-order valence-electron chi connectivity index (χ2n) is 5.82. The van der Waals surface area contributed by atoms with Crippen LogP contribution in [-0.2, 0) is 0 Å². The Labute approximate surface area is 132 Å². The highest BCUT2D eigenvalue weighted by molar-refractivity contribution is 5.71. The van der Waals surface area contributed by atoms with E-state index < -0.39 is 0 Å². The molecule has 3 N–H and O–H groups in total. The van der Waals surface area contributed by atoms with Gasteiger partial charge in [-0.15, -0.1) is 0 Å². The lowest BCUT2D eigenvalue weighted by molar-refractivity contribution is 0.240. The van der Waals surface area contributed by atoms with Crippen LogP contribution in [0.4, 0.5) is 17.2 Å². The molecule has 4 heteroatoms. The number of likely N-dealkylation sites (tertiary alicyclic amines) is 1. The second-order valence-corrected chi connectivity index (χ2v) is 5.82. The molecular weight excluding hydrogens is 272 g/mol. The molecule has 1 aliphatic heterocycles. The van der Waals surface area contributed by atoms with Gasteiger partial charge < -0.3 is 11.1 Å². The van der Waals surface area contributed by atoms with Gasteiger partial charge in [-0.1, -0.05) is 25.1 Å². The smallest absolute Gasteiger partial charge is 0.153 e. The Hall–Kier alpha value is -2.07. The second kappa shape index (κ2) is 6.79. The van der Waals surface area contributed by atoms with Gasteiger partial charge in [0.1, 0.15) is 0 Å². The molecule has 4 nitrogen and oxygen atoms in total. The lowest BCUT2D eigenvalue weighted by atomic mass is 10.0. The Morgan fingerprint density at radius 3 is 2.59 bits per heavy atom. The van der Waals surface area contributed by atoms with Gasteiger partial charge in [-0.25, -0.2) is 4.98 Å². The number of aromatic nitrogens is 1. The maximum absolute atomic E-state index is 6.42. The molecule has 1 unspecified atom stereocenters. The Morgan fingerprint density at radius 2 is 1.91 bits per heavy atom. The molecule has 1 fully saturated rings. The lowest BCUT2D eigenvalue weighted by Gasteiger charge is -2.28. The van der Waals surface area contributed by atoms with Crippen LogP contribution in [0, 0.1) is 0 Å². The summed E-state index contributed by atoms with van der Waals surface area (Å²) in [6.45, 7) is 4.57. The van der Waals surface area contributed by atoms with Crippen LogP contribution < -0.4 is 11.1 Å². The fraction of sp³-hybridized carbons (Fsp3) is 0.389. The normalized spacial score (nSPS) is 16.6. The van der Waals surface area contributed by atoms with Crippen molar-refractivity contribution in [2.45, 2.75) is 32.2 Å². The number of anilines is 3. The van der Waals surface area contributed by atoms with Crippen molar-refractivity contribution in [3.63, 3.8) is 0 Å². The number of pyridine rings is 1. The highest BCUT2D eigenvalue weighted by Crippen LogP contribution is 2.34. The Balaban J connectivity index is 1.87. The molecule has 0 saturated carbocycles. The molecule has 0 amide bonds. The SMILES string of the molecule is CCC(c1ccnc(Nc2ccccc2)c1N)N1CCCC1. The number of para-hydroxylation sites is 1. The van der Waals surface area contributed by atoms with Gasteiger partial charge in [0.05, 0.1) is 5.69 Å². The van der Waals surface area contributed by atoms with E-state index >= 15 is 0 Å². The van der Waals surface area contributed by atoms with Gasteiger partial charge in [-0.05, 0) is 56.1 Å². The predicted molar refractivity (Wildman–Crippen MR) is 92.2 cm³/mol. The van der Waals surface area contributed by atoms with Crippen molar-refractivity contribution >= 4 is 17.2 Å². The molecule has 0 bridgehead atoms. The molecule has 0 radical (unpaired) electrons. The van der Waals surface area contributed by atoms with E-state index in [9.17, 15) is 0 Å². The summed E-state index contributed by atoms with van der Waals surface area (Å²) in [6, 6.07) is 12.5. The number of nitrogen functional groups attached to an aromatic ring is 1. The third kappa shape index (κ3) is 3.07. The summed E-state index contributed by atoms with van der Waals surface area (Å²) in [6.07, 6.45) is 5.50. The van der Waals surface area contributed by atoms with Crippen molar-refractivity contribution in [1.29, 1.82) is 0 Å². The first kappa shape index (κ1) is 14.9. The van der Waals surface area contributed by atoms with E-state index in [-0.39, 0.29) is 0 Å². The molecule has 1 aliphatic rings. The van der Waals surface area contributed by atoms with Crippen molar-refractivity contribution in [3.8, 4) is 0 Å². The summed E-state index contributed by atoms with van der Waals surface area (Å²) in [7, 11) is 0. The zero-order valence-electron chi connectivity index (χ0n) is 13.1. The minimum atomic E-state index is 0.391. The number of nitrogens with zero attached hydrogens (tertiary/aromatic N) is 2. The van der Waals surface area contributed by atoms with Crippen LogP contribution in [0.3, 0.4) is 0 Å². The highest BCUT2D eigenvalue weighted by Gasteiger charge is 2.24. The molecule has 1 saturated heterocycles. The quantitative estimate of drug-likeness (QED) is 0.877. The van der Waals surface area contributed by atoms with Gasteiger partial charge in [0.2, 0.25) is 0 Å². The zero-order chi connectivity index (χ0) is 15.4. The molecule has 116 valence electrons. The Morgan fingerprint density at radius 1 is 1.18 bits per heavy atom. The van der Waals surface area contributed by atoms with Gasteiger partial charge in [-0.3, -0.25) is 4.90 Å². The summed E-state index contributed by atoms with van der Waals surface area (Å²) in [5.41, 5.74) is 9.39. The summed E-state index contributed by atoms with van der Waals surface area (Å²) < 4.78 is 0. The topological polar surface area (TPSA) is 54.2 Å². The summed E-state index contributed by atoms with van der Waals surface area (Å²) in [5.74, 6) is 0.751. The molecule has 1 aromatic heterocycles. The molecule has 1 aromatic carbocycles. The van der Waals surface area contributed by atoms with Crippen LogP contribution >= 0.6 is 0 Å². The van der Waals surface area contributed by atoms with Crippen LogP contribution in [-0.4, -0.2) is 23.0 Å². The van der Waals surface area contributed by atoms with Crippen molar-refractivity contribution in [3.05, 3.63) is 48.2 Å². The number of hydrogen-bond donors (Lipinski definition) is 2. The van der Waals surface area contributed by atoms with Gasteiger partial charge in [-0.2, -0.15) is 0 Å². The van der Waals surface area contributed by atoms with Gasteiger partial charge in [0.25, 0.3) is 0 Å². The van der Waals surface area contributed by atoms with Gasteiger partial charge in [0, 0.05) is 17.9 Å². The van der Waals surface area contributed by atoms with Crippen LogP contribution in [0.5, 0.6) is 0 Å². The maximum atomic E-state index is 6.42. The van der Waals surface area contributed by atoms with E-state index in [1.807, 2.05) is 36.5 Å². The average Bonchev–Trinajstić information content (AvgIpc) is 3.07. The molecule has 2 heterocycles. The molecular formula is C18H24N4. The predicted octanol–water partition coefficient (Wildman–Crippen LogP) is 3.95. The zero-order valence-corrected chi connectivity index (χ0v) is 13.1. The minimum Gasteiger partial charge on any atom is -0.395 e. The Bertz CT molecular complexity index is 606. The molecule has 0 aliphatic carbocycles. The van der Waals surface area contributed by atoms with Crippen LogP contribution in [0.1, 0.15) is 37.8 Å². The van der Waals surface area contributed by atoms with Gasteiger partial charge >= 0.3 is 0 Å². The van der Waals surface area contributed by atoms with Crippen LogP contribution in [0.2, 0.25) is 0 Å².